The van der Waals surface area contributed by atoms with Gasteiger partial charge in [-0.3, -0.25) is 0 Å². The van der Waals surface area contributed by atoms with Crippen molar-refractivity contribution in [3.8, 4) is 0 Å². The summed E-state index contributed by atoms with van der Waals surface area (Å²) in [5, 5.41) is 0.749. The van der Waals surface area contributed by atoms with E-state index in [0.29, 0.717) is 23.7 Å². The molecule has 4 aliphatic heterocycles. The molecule has 2 bridgehead atoms. The molecule has 0 N–H and O–H groups in total. The molecule has 2 aliphatic carbocycles. The SMILES string of the molecule is C[C@H]1[C@@H](SC2CCCCC2)O[C@@H]2O[C@@]3(C)CC[C@H]4[C@H](C)CC[C@@H]1[C@@]24OO3. The first-order valence-corrected chi connectivity index (χ1v) is 11.8. The molecule has 0 aromatic rings. The molecule has 0 aromatic carbocycles. The summed E-state index contributed by atoms with van der Waals surface area (Å²) in [6.45, 7) is 6.78. The second-order valence-electron chi connectivity index (χ2n) is 9.67. The van der Waals surface area contributed by atoms with Gasteiger partial charge in [-0.25, -0.2) is 9.78 Å². The Morgan fingerprint density at radius 3 is 2.50 bits per heavy atom. The number of hydrogen-bond donors (Lipinski definition) is 0. The van der Waals surface area contributed by atoms with Gasteiger partial charge in [0.15, 0.2) is 11.9 Å². The van der Waals surface area contributed by atoms with E-state index in [0.717, 1.165) is 18.1 Å². The molecule has 6 fully saturated rings. The van der Waals surface area contributed by atoms with E-state index in [2.05, 4.69) is 25.6 Å². The van der Waals surface area contributed by atoms with Crippen molar-refractivity contribution in [3.63, 3.8) is 0 Å². The van der Waals surface area contributed by atoms with Gasteiger partial charge >= 0.3 is 0 Å². The Bertz CT molecular complexity index is 538. The highest BCUT2D eigenvalue weighted by Gasteiger charge is 2.69. The standard InChI is InChI=1S/C21H34O4S/c1-13-9-10-17-14(2)18(26-15-7-5-4-6-8-15)22-19-21(17)16(13)11-12-20(3,23-19)24-25-21/h13-19H,4-12H2,1-3H3/t13-,14-,16+,17+,18-,19-,20-,21-/m1/s1. The third kappa shape index (κ3) is 2.72. The summed E-state index contributed by atoms with van der Waals surface area (Å²) >= 11 is 2.08. The quantitative estimate of drug-likeness (QED) is 0.609. The number of thioether (sulfide) groups is 1. The molecule has 4 saturated heterocycles. The lowest BCUT2D eigenvalue weighted by Crippen LogP contribution is -2.70. The van der Waals surface area contributed by atoms with Crippen LogP contribution in [0.25, 0.3) is 0 Å². The largest absolute Gasteiger partial charge is 0.335 e. The molecule has 0 unspecified atom stereocenters. The molecule has 0 aromatic heterocycles. The topological polar surface area (TPSA) is 36.9 Å². The van der Waals surface area contributed by atoms with Gasteiger partial charge < -0.3 is 9.47 Å². The van der Waals surface area contributed by atoms with Crippen molar-refractivity contribution in [2.75, 3.05) is 0 Å². The van der Waals surface area contributed by atoms with Crippen LogP contribution >= 0.6 is 11.8 Å². The summed E-state index contributed by atoms with van der Waals surface area (Å²) in [6.07, 6.45) is 11.1. The zero-order chi connectivity index (χ0) is 17.9. The van der Waals surface area contributed by atoms with E-state index < -0.39 is 11.4 Å². The highest BCUT2D eigenvalue weighted by atomic mass is 32.2. The van der Waals surface area contributed by atoms with Crippen LogP contribution in [0.3, 0.4) is 0 Å². The first-order valence-electron chi connectivity index (χ1n) is 10.9. The van der Waals surface area contributed by atoms with E-state index >= 15 is 0 Å². The van der Waals surface area contributed by atoms with E-state index in [1.165, 1.54) is 44.9 Å². The minimum absolute atomic E-state index is 0.222. The minimum Gasteiger partial charge on any atom is -0.335 e. The minimum atomic E-state index is -0.655. The van der Waals surface area contributed by atoms with E-state index in [-0.39, 0.29) is 11.7 Å². The Labute approximate surface area is 162 Å². The Morgan fingerprint density at radius 1 is 0.885 bits per heavy atom. The molecule has 6 aliphatic rings. The number of ether oxygens (including phenoxy) is 2. The van der Waals surface area contributed by atoms with Crippen LogP contribution < -0.4 is 0 Å². The van der Waals surface area contributed by atoms with Crippen LogP contribution in [0.15, 0.2) is 0 Å². The number of rotatable bonds is 2. The third-order valence-corrected chi connectivity index (χ3v) is 9.64. The molecule has 5 heteroatoms. The average molecular weight is 383 g/mol. The van der Waals surface area contributed by atoms with E-state index in [1.54, 1.807) is 0 Å². The van der Waals surface area contributed by atoms with Gasteiger partial charge in [0.2, 0.25) is 5.79 Å². The first-order chi connectivity index (χ1) is 12.5. The van der Waals surface area contributed by atoms with Gasteiger partial charge in [0.1, 0.15) is 5.44 Å². The van der Waals surface area contributed by atoms with Crippen molar-refractivity contribution in [2.24, 2.45) is 23.7 Å². The van der Waals surface area contributed by atoms with Crippen LogP contribution in [0.1, 0.15) is 78.6 Å². The average Bonchev–Trinajstić information content (AvgIpc) is 2.86. The van der Waals surface area contributed by atoms with Gasteiger partial charge in [0.05, 0.1) is 0 Å². The predicted molar refractivity (Wildman–Crippen MR) is 101 cm³/mol. The van der Waals surface area contributed by atoms with Crippen LogP contribution in [-0.4, -0.2) is 28.4 Å². The van der Waals surface area contributed by atoms with E-state index in [9.17, 15) is 0 Å². The van der Waals surface area contributed by atoms with Crippen molar-refractivity contribution in [1.29, 1.82) is 0 Å². The molecular weight excluding hydrogens is 348 g/mol. The summed E-state index contributed by atoms with van der Waals surface area (Å²) in [7, 11) is 0. The van der Waals surface area contributed by atoms with Crippen LogP contribution in [0, 0.1) is 23.7 Å². The highest BCUT2D eigenvalue weighted by molar-refractivity contribution is 8.00. The van der Waals surface area contributed by atoms with Crippen molar-refractivity contribution >= 4 is 11.8 Å². The summed E-state index contributed by atoms with van der Waals surface area (Å²) < 4.78 is 13.2. The summed E-state index contributed by atoms with van der Waals surface area (Å²) in [6, 6.07) is 0. The smallest absolute Gasteiger partial charge is 0.201 e. The maximum Gasteiger partial charge on any atom is 0.201 e. The Morgan fingerprint density at radius 2 is 1.69 bits per heavy atom. The Hall–Kier alpha value is 0.190. The van der Waals surface area contributed by atoms with Crippen LogP contribution in [-0.2, 0) is 19.2 Å². The number of fused-ring (bicyclic) bond motifs is 2. The zero-order valence-electron chi connectivity index (χ0n) is 16.4. The van der Waals surface area contributed by atoms with Crippen molar-refractivity contribution in [3.05, 3.63) is 0 Å². The lowest BCUT2D eigenvalue weighted by Gasteiger charge is -2.60. The molecule has 2 saturated carbocycles. The van der Waals surface area contributed by atoms with E-state index in [1.807, 2.05) is 6.92 Å². The van der Waals surface area contributed by atoms with Crippen molar-refractivity contribution in [1.82, 2.24) is 0 Å². The van der Waals surface area contributed by atoms with Gasteiger partial charge in [0.25, 0.3) is 0 Å². The van der Waals surface area contributed by atoms with Crippen LogP contribution in [0.2, 0.25) is 0 Å². The van der Waals surface area contributed by atoms with Gasteiger partial charge in [0, 0.05) is 17.6 Å². The molecule has 148 valence electrons. The third-order valence-electron chi connectivity index (χ3n) is 7.98. The van der Waals surface area contributed by atoms with Crippen LogP contribution in [0.5, 0.6) is 0 Å². The second-order valence-corrected chi connectivity index (χ2v) is 11.1. The summed E-state index contributed by atoms with van der Waals surface area (Å²) in [5.41, 5.74) is -0.184. The maximum atomic E-state index is 6.70. The van der Waals surface area contributed by atoms with Crippen molar-refractivity contribution in [2.45, 2.75) is 107 Å². The fraction of sp³-hybridized carbons (Fsp3) is 1.00. The lowest BCUT2D eigenvalue weighted by atomic mass is 9.58. The van der Waals surface area contributed by atoms with E-state index in [4.69, 9.17) is 19.2 Å². The fourth-order valence-corrected chi connectivity index (χ4v) is 8.01. The summed E-state index contributed by atoms with van der Waals surface area (Å²) in [5.74, 6) is 1.39. The number of hydrogen-bond acceptors (Lipinski definition) is 5. The first kappa shape index (κ1) is 18.2. The molecule has 4 nitrogen and oxygen atoms in total. The molecule has 8 atom stereocenters. The molecule has 4 heterocycles. The fourth-order valence-electron chi connectivity index (χ4n) is 6.42. The summed E-state index contributed by atoms with van der Waals surface area (Å²) in [4.78, 5) is 12.1. The normalized spacial score (nSPS) is 54.6. The molecule has 26 heavy (non-hydrogen) atoms. The molecular formula is C21H34O4S. The monoisotopic (exact) mass is 382 g/mol. The van der Waals surface area contributed by atoms with Gasteiger partial charge in [-0.1, -0.05) is 33.1 Å². The Kier molecular flexibility index (Phi) is 4.64. The highest BCUT2D eigenvalue weighted by Crippen LogP contribution is 2.61. The van der Waals surface area contributed by atoms with Gasteiger partial charge in [-0.2, -0.15) is 0 Å². The second kappa shape index (κ2) is 6.62. The molecule has 0 amide bonds. The molecule has 6 rings (SSSR count). The van der Waals surface area contributed by atoms with Gasteiger partial charge in [-0.05, 0) is 56.8 Å². The predicted octanol–water partition coefficient (Wildman–Crippen LogP) is 5.26. The zero-order valence-corrected chi connectivity index (χ0v) is 17.3. The maximum absolute atomic E-state index is 6.70. The van der Waals surface area contributed by atoms with Crippen LogP contribution in [0.4, 0.5) is 0 Å². The van der Waals surface area contributed by atoms with Gasteiger partial charge in [-0.15, -0.1) is 11.8 Å². The van der Waals surface area contributed by atoms with Crippen molar-refractivity contribution < 1.29 is 19.2 Å². The molecule has 1 spiro atoms. The molecule has 0 radical (unpaired) electrons. The lowest BCUT2D eigenvalue weighted by molar-refractivity contribution is -0.568. The Balaban J connectivity index is 1.44.